The van der Waals surface area contributed by atoms with Gasteiger partial charge in [-0.2, -0.15) is 0 Å². The van der Waals surface area contributed by atoms with E-state index in [0.717, 1.165) is 25.7 Å². The molecule has 1 atom stereocenters. The number of aryl methyl sites for hydroxylation is 1. The average molecular weight is 337 g/mol. The minimum atomic E-state index is -0.122. The molecule has 1 aromatic rings. The second-order valence-electron chi connectivity index (χ2n) is 7.07. The quantitative estimate of drug-likeness (QED) is 0.861. The maximum atomic E-state index is 12.4. The Bertz CT molecular complexity index is 526. The lowest BCUT2D eigenvalue weighted by Gasteiger charge is -2.37. The van der Waals surface area contributed by atoms with Gasteiger partial charge < -0.3 is 11.1 Å². The van der Waals surface area contributed by atoms with Crippen molar-refractivity contribution in [2.45, 2.75) is 69.2 Å². The highest BCUT2D eigenvalue weighted by molar-refractivity contribution is 5.85. The van der Waals surface area contributed by atoms with Crippen LogP contribution in [0.15, 0.2) is 24.3 Å². The van der Waals surface area contributed by atoms with Crippen molar-refractivity contribution in [1.82, 2.24) is 5.32 Å². The zero-order valence-electron chi connectivity index (χ0n) is 13.9. The standard InChI is InChI=1S/C19H28N2O.ClH/c20-14-19(12-4-1-5-13-19)21-18(22)11-10-16-9-8-15-6-2-3-7-17(15)16;/h2-3,6-7,16H,1,4-5,8-14,20H2,(H,21,22);1H/t16-;/m1./s1. The van der Waals surface area contributed by atoms with Crippen LogP contribution in [0.1, 0.15) is 68.4 Å². The van der Waals surface area contributed by atoms with E-state index in [1.807, 2.05) is 0 Å². The molecule has 0 aliphatic heterocycles. The molecule has 0 bridgehead atoms. The third kappa shape index (κ3) is 4.27. The molecule has 0 unspecified atom stereocenters. The Morgan fingerprint density at radius 2 is 1.96 bits per heavy atom. The van der Waals surface area contributed by atoms with Crippen LogP contribution < -0.4 is 11.1 Å². The Morgan fingerprint density at radius 1 is 1.22 bits per heavy atom. The second kappa shape index (κ2) is 8.16. The van der Waals surface area contributed by atoms with Crippen LogP contribution in [0.25, 0.3) is 0 Å². The number of amides is 1. The van der Waals surface area contributed by atoms with Gasteiger partial charge in [-0.15, -0.1) is 12.4 Å². The highest BCUT2D eigenvalue weighted by Gasteiger charge is 2.32. The van der Waals surface area contributed by atoms with E-state index in [4.69, 9.17) is 5.73 Å². The van der Waals surface area contributed by atoms with Crippen LogP contribution in [0.4, 0.5) is 0 Å². The van der Waals surface area contributed by atoms with Gasteiger partial charge in [0, 0.05) is 13.0 Å². The van der Waals surface area contributed by atoms with Crippen molar-refractivity contribution < 1.29 is 4.79 Å². The molecule has 23 heavy (non-hydrogen) atoms. The number of nitrogens with two attached hydrogens (primary N) is 1. The highest BCUT2D eigenvalue weighted by atomic mass is 35.5. The fourth-order valence-electron chi connectivity index (χ4n) is 4.22. The third-order valence-corrected chi connectivity index (χ3v) is 5.58. The Labute approximate surface area is 145 Å². The SMILES string of the molecule is Cl.NCC1(NC(=O)CC[C@H]2CCc3ccccc32)CCCCC1. The topological polar surface area (TPSA) is 55.1 Å². The first-order chi connectivity index (χ1) is 10.7. The molecule has 3 N–H and O–H groups in total. The van der Waals surface area contributed by atoms with Gasteiger partial charge in [-0.25, -0.2) is 0 Å². The minimum Gasteiger partial charge on any atom is -0.349 e. The first-order valence-electron chi connectivity index (χ1n) is 8.81. The molecule has 3 nitrogen and oxygen atoms in total. The lowest BCUT2D eigenvalue weighted by Crippen LogP contribution is -2.54. The number of hydrogen-bond acceptors (Lipinski definition) is 2. The number of halogens is 1. The molecule has 4 heteroatoms. The van der Waals surface area contributed by atoms with Gasteiger partial charge >= 0.3 is 0 Å². The number of carbonyl (C=O) groups is 1. The molecular formula is C19H29ClN2O. The van der Waals surface area contributed by atoms with Crippen molar-refractivity contribution in [2.24, 2.45) is 5.73 Å². The van der Waals surface area contributed by atoms with E-state index < -0.39 is 0 Å². The first-order valence-corrected chi connectivity index (χ1v) is 8.81. The number of fused-ring (bicyclic) bond motifs is 1. The fourth-order valence-corrected chi connectivity index (χ4v) is 4.22. The normalized spacial score (nSPS) is 22.0. The van der Waals surface area contributed by atoms with Crippen molar-refractivity contribution >= 4 is 18.3 Å². The highest BCUT2D eigenvalue weighted by Crippen LogP contribution is 2.36. The van der Waals surface area contributed by atoms with E-state index in [9.17, 15) is 4.79 Å². The molecular weight excluding hydrogens is 308 g/mol. The Balaban J connectivity index is 0.00000192. The molecule has 1 amide bonds. The molecule has 3 rings (SSSR count). The monoisotopic (exact) mass is 336 g/mol. The van der Waals surface area contributed by atoms with Gasteiger partial charge in [-0.1, -0.05) is 43.5 Å². The van der Waals surface area contributed by atoms with Gasteiger partial charge in [0.15, 0.2) is 0 Å². The molecule has 0 heterocycles. The summed E-state index contributed by atoms with van der Waals surface area (Å²) in [7, 11) is 0. The summed E-state index contributed by atoms with van der Waals surface area (Å²) in [5.74, 6) is 0.749. The number of benzene rings is 1. The lowest BCUT2D eigenvalue weighted by atomic mass is 9.81. The van der Waals surface area contributed by atoms with E-state index in [1.165, 1.54) is 36.8 Å². The third-order valence-electron chi connectivity index (χ3n) is 5.58. The zero-order valence-corrected chi connectivity index (χ0v) is 14.7. The second-order valence-corrected chi connectivity index (χ2v) is 7.07. The molecule has 0 aromatic heterocycles. The predicted octanol–water partition coefficient (Wildman–Crippen LogP) is 3.70. The van der Waals surface area contributed by atoms with Gasteiger partial charge in [0.2, 0.25) is 5.91 Å². The van der Waals surface area contributed by atoms with Crippen LogP contribution >= 0.6 is 12.4 Å². The lowest BCUT2D eigenvalue weighted by molar-refractivity contribution is -0.123. The molecule has 0 saturated heterocycles. The molecule has 2 aliphatic carbocycles. The van der Waals surface area contributed by atoms with Gasteiger partial charge in [0.1, 0.15) is 0 Å². The van der Waals surface area contributed by atoms with Crippen molar-refractivity contribution in [3.63, 3.8) is 0 Å². The maximum absolute atomic E-state index is 12.4. The summed E-state index contributed by atoms with van der Waals surface area (Å²) in [6.07, 6.45) is 9.68. The summed E-state index contributed by atoms with van der Waals surface area (Å²) in [4.78, 5) is 12.4. The first kappa shape index (κ1) is 18.3. The van der Waals surface area contributed by atoms with Crippen LogP contribution in [0.5, 0.6) is 0 Å². The summed E-state index contributed by atoms with van der Waals surface area (Å²) >= 11 is 0. The smallest absolute Gasteiger partial charge is 0.220 e. The van der Waals surface area contributed by atoms with E-state index in [-0.39, 0.29) is 23.9 Å². The largest absolute Gasteiger partial charge is 0.349 e. The number of hydrogen-bond donors (Lipinski definition) is 2. The van der Waals surface area contributed by atoms with Gasteiger partial charge in [-0.05, 0) is 49.1 Å². The minimum absolute atomic E-state index is 0. The molecule has 0 spiro atoms. The van der Waals surface area contributed by atoms with Gasteiger partial charge in [-0.3, -0.25) is 4.79 Å². The van der Waals surface area contributed by atoms with Gasteiger partial charge in [0.25, 0.3) is 0 Å². The number of carbonyl (C=O) groups excluding carboxylic acids is 1. The number of nitrogens with one attached hydrogen (secondary N) is 1. The summed E-state index contributed by atoms with van der Waals surface area (Å²) in [6.45, 7) is 0.574. The van der Waals surface area contributed by atoms with E-state index in [0.29, 0.717) is 18.9 Å². The van der Waals surface area contributed by atoms with Crippen molar-refractivity contribution in [2.75, 3.05) is 6.54 Å². The maximum Gasteiger partial charge on any atom is 0.220 e. The predicted molar refractivity (Wildman–Crippen MR) is 97.0 cm³/mol. The van der Waals surface area contributed by atoms with Crippen LogP contribution in [0.3, 0.4) is 0 Å². The molecule has 1 fully saturated rings. The molecule has 1 saturated carbocycles. The van der Waals surface area contributed by atoms with Crippen molar-refractivity contribution in [3.05, 3.63) is 35.4 Å². The van der Waals surface area contributed by atoms with Crippen LogP contribution in [-0.4, -0.2) is 18.0 Å². The molecule has 1 aromatic carbocycles. The summed E-state index contributed by atoms with van der Waals surface area (Å²) in [5.41, 5.74) is 8.76. The Morgan fingerprint density at radius 3 is 2.70 bits per heavy atom. The van der Waals surface area contributed by atoms with Crippen LogP contribution in [0, 0.1) is 0 Å². The van der Waals surface area contributed by atoms with Crippen molar-refractivity contribution in [1.29, 1.82) is 0 Å². The summed E-state index contributed by atoms with van der Waals surface area (Å²) in [6, 6.07) is 8.68. The van der Waals surface area contributed by atoms with E-state index in [1.54, 1.807) is 0 Å². The number of rotatable bonds is 5. The summed E-state index contributed by atoms with van der Waals surface area (Å²) < 4.78 is 0. The van der Waals surface area contributed by atoms with E-state index >= 15 is 0 Å². The van der Waals surface area contributed by atoms with Crippen LogP contribution in [0.2, 0.25) is 0 Å². The van der Waals surface area contributed by atoms with Crippen molar-refractivity contribution in [3.8, 4) is 0 Å². The summed E-state index contributed by atoms with van der Waals surface area (Å²) in [5, 5.41) is 3.27. The molecule has 0 radical (unpaired) electrons. The Kier molecular flexibility index (Phi) is 6.49. The van der Waals surface area contributed by atoms with E-state index in [2.05, 4.69) is 29.6 Å². The van der Waals surface area contributed by atoms with Gasteiger partial charge in [0.05, 0.1) is 5.54 Å². The zero-order chi connectivity index (χ0) is 15.4. The van der Waals surface area contributed by atoms with Crippen LogP contribution in [-0.2, 0) is 11.2 Å². The molecule has 2 aliphatic rings. The molecule has 128 valence electrons. The Hall–Kier alpha value is -1.06. The average Bonchev–Trinajstić information content (AvgIpc) is 2.97. The fraction of sp³-hybridized carbons (Fsp3) is 0.632.